The molecule has 0 fully saturated rings. The third-order valence-corrected chi connectivity index (χ3v) is 3.41. The SMILES string of the molecule is CCN(CC)C(=O)C(C)NC(=O)c1nnc(Cl)s1. The monoisotopic (exact) mass is 290 g/mol. The molecule has 2 amide bonds. The molecule has 0 spiro atoms. The fourth-order valence-corrected chi connectivity index (χ4v) is 2.16. The van der Waals surface area contributed by atoms with Crippen LogP contribution < -0.4 is 5.32 Å². The van der Waals surface area contributed by atoms with E-state index in [0.717, 1.165) is 11.3 Å². The molecule has 0 aromatic carbocycles. The highest BCUT2D eigenvalue weighted by Gasteiger charge is 2.22. The molecule has 1 aromatic rings. The Kier molecular flexibility index (Phi) is 5.49. The van der Waals surface area contributed by atoms with Crippen LogP contribution in [0.1, 0.15) is 30.6 Å². The maximum absolute atomic E-state index is 11.9. The molecule has 1 aromatic heterocycles. The zero-order valence-electron chi connectivity index (χ0n) is 10.4. The molecule has 6 nitrogen and oxygen atoms in total. The molecule has 0 radical (unpaired) electrons. The molecule has 0 aliphatic carbocycles. The van der Waals surface area contributed by atoms with Crippen LogP contribution >= 0.6 is 22.9 Å². The van der Waals surface area contributed by atoms with Gasteiger partial charge in [-0.15, -0.1) is 10.2 Å². The van der Waals surface area contributed by atoms with Gasteiger partial charge in [-0.05, 0) is 32.4 Å². The molecule has 1 rings (SSSR count). The predicted molar refractivity (Wildman–Crippen MR) is 69.8 cm³/mol. The van der Waals surface area contributed by atoms with Crippen LogP contribution in [0.15, 0.2) is 0 Å². The zero-order valence-corrected chi connectivity index (χ0v) is 12.0. The molecule has 1 N–H and O–H groups in total. The van der Waals surface area contributed by atoms with Crippen LogP contribution in [-0.4, -0.2) is 46.0 Å². The Bertz CT molecular complexity index is 433. The Labute approximate surface area is 114 Å². The number of carbonyl (C=O) groups excluding carboxylic acids is 2. The Morgan fingerprint density at radius 3 is 2.44 bits per heavy atom. The number of hydrogen-bond acceptors (Lipinski definition) is 5. The van der Waals surface area contributed by atoms with Crippen LogP contribution in [0.3, 0.4) is 0 Å². The fraction of sp³-hybridized carbons (Fsp3) is 0.600. The second-order valence-corrected chi connectivity index (χ2v) is 5.13. The van der Waals surface area contributed by atoms with E-state index in [4.69, 9.17) is 11.6 Å². The van der Waals surface area contributed by atoms with Gasteiger partial charge in [0.05, 0.1) is 0 Å². The molecule has 8 heteroatoms. The lowest BCUT2D eigenvalue weighted by Gasteiger charge is -2.23. The van der Waals surface area contributed by atoms with Gasteiger partial charge < -0.3 is 10.2 Å². The summed E-state index contributed by atoms with van der Waals surface area (Å²) >= 11 is 6.56. The Hall–Kier alpha value is -1.21. The fourth-order valence-electron chi connectivity index (χ4n) is 1.43. The second-order valence-electron chi connectivity index (χ2n) is 3.57. The van der Waals surface area contributed by atoms with Crippen LogP contribution in [-0.2, 0) is 4.79 Å². The van der Waals surface area contributed by atoms with Crippen molar-refractivity contribution >= 4 is 34.8 Å². The van der Waals surface area contributed by atoms with E-state index in [-0.39, 0.29) is 15.4 Å². The summed E-state index contributed by atoms with van der Waals surface area (Å²) in [4.78, 5) is 25.3. The predicted octanol–water partition coefficient (Wildman–Crippen LogP) is 1.18. The Morgan fingerprint density at radius 1 is 1.39 bits per heavy atom. The first-order valence-corrected chi connectivity index (χ1v) is 6.77. The van der Waals surface area contributed by atoms with Crippen LogP contribution in [0, 0.1) is 0 Å². The molecule has 0 aliphatic rings. The average Bonchev–Trinajstić information content (AvgIpc) is 2.77. The van der Waals surface area contributed by atoms with Gasteiger partial charge in [-0.1, -0.05) is 11.3 Å². The van der Waals surface area contributed by atoms with Gasteiger partial charge in [-0.2, -0.15) is 0 Å². The van der Waals surface area contributed by atoms with E-state index in [0.29, 0.717) is 13.1 Å². The summed E-state index contributed by atoms with van der Waals surface area (Å²) in [6, 6.07) is -0.597. The van der Waals surface area contributed by atoms with Crippen LogP contribution in [0.25, 0.3) is 0 Å². The first-order valence-electron chi connectivity index (χ1n) is 5.58. The number of hydrogen-bond donors (Lipinski definition) is 1. The van der Waals surface area contributed by atoms with E-state index >= 15 is 0 Å². The highest BCUT2D eigenvalue weighted by molar-refractivity contribution is 7.17. The average molecular weight is 291 g/mol. The molecule has 100 valence electrons. The molecule has 1 unspecified atom stereocenters. The number of aromatic nitrogens is 2. The Morgan fingerprint density at radius 2 is 2.00 bits per heavy atom. The quantitative estimate of drug-likeness (QED) is 0.883. The Balaban J connectivity index is 2.62. The number of halogens is 1. The molecule has 0 saturated carbocycles. The summed E-state index contributed by atoms with van der Waals surface area (Å²) in [6.45, 7) is 6.64. The topological polar surface area (TPSA) is 75.2 Å². The molecule has 0 bridgehead atoms. The number of amides is 2. The van der Waals surface area contributed by atoms with Gasteiger partial charge in [0.15, 0.2) is 0 Å². The van der Waals surface area contributed by atoms with Crippen molar-refractivity contribution < 1.29 is 9.59 Å². The molecule has 1 heterocycles. The van der Waals surface area contributed by atoms with E-state index in [1.807, 2.05) is 13.8 Å². The third kappa shape index (κ3) is 3.64. The number of likely N-dealkylation sites (N-methyl/N-ethyl adjacent to an activating group) is 1. The third-order valence-electron chi connectivity index (χ3n) is 2.39. The minimum Gasteiger partial charge on any atom is -0.341 e. The molecular weight excluding hydrogens is 276 g/mol. The lowest BCUT2D eigenvalue weighted by Crippen LogP contribution is -2.46. The lowest BCUT2D eigenvalue weighted by molar-refractivity contribution is -0.132. The standard InChI is InChI=1S/C10H15ClN4O2S/c1-4-15(5-2)9(17)6(3)12-7(16)8-13-14-10(11)18-8/h6H,4-5H2,1-3H3,(H,12,16). The molecule has 18 heavy (non-hydrogen) atoms. The van der Waals surface area contributed by atoms with Crippen molar-refractivity contribution in [2.75, 3.05) is 13.1 Å². The maximum atomic E-state index is 11.9. The van der Waals surface area contributed by atoms with Gasteiger partial charge >= 0.3 is 0 Å². The van der Waals surface area contributed by atoms with Gasteiger partial charge in [-0.3, -0.25) is 9.59 Å². The summed E-state index contributed by atoms with van der Waals surface area (Å²) in [6.07, 6.45) is 0. The van der Waals surface area contributed by atoms with Gasteiger partial charge in [0.25, 0.3) is 5.91 Å². The van der Waals surface area contributed by atoms with Gasteiger partial charge in [0, 0.05) is 13.1 Å². The van der Waals surface area contributed by atoms with E-state index in [9.17, 15) is 9.59 Å². The first-order chi connectivity index (χ1) is 8.49. The molecule has 0 saturated heterocycles. The van der Waals surface area contributed by atoms with Crippen molar-refractivity contribution in [2.45, 2.75) is 26.8 Å². The highest BCUT2D eigenvalue weighted by atomic mass is 35.5. The van der Waals surface area contributed by atoms with Gasteiger partial charge in [0.1, 0.15) is 6.04 Å². The molecular formula is C10H15ClN4O2S. The van der Waals surface area contributed by atoms with Crippen LogP contribution in [0.5, 0.6) is 0 Å². The summed E-state index contributed by atoms with van der Waals surface area (Å²) in [5.74, 6) is -0.559. The minimum absolute atomic E-state index is 0.121. The number of carbonyl (C=O) groups is 2. The minimum atomic E-state index is -0.597. The smallest absolute Gasteiger partial charge is 0.282 e. The van der Waals surface area contributed by atoms with E-state index < -0.39 is 11.9 Å². The van der Waals surface area contributed by atoms with Crippen molar-refractivity contribution in [1.82, 2.24) is 20.4 Å². The lowest BCUT2D eigenvalue weighted by atomic mass is 10.2. The largest absolute Gasteiger partial charge is 0.341 e. The van der Waals surface area contributed by atoms with E-state index in [1.54, 1.807) is 11.8 Å². The van der Waals surface area contributed by atoms with Gasteiger partial charge in [0.2, 0.25) is 15.4 Å². The normalized spacial score (nSPS) is 12.0. The zero-order chi connectivity index (χ0) is 13.7. The van der Waals surface area contributed by atoms with Crippen molar-refractivity contribution in [1.29, 1.82) is 0 Å². The summed E-state index contributed by atoms with van der Waals surface area (Å²) in [5, 5.41) is 9.88. The van der Waals surface area contributed by atoms with Crippen molar-refractivity contribution in [3.05, 3.63) is 9.47 Å². The van der Waals surface area contributed by atoms with Gasteiger partial charge in [-0.25, -0.2) is 0 Å². The van der Waals surface area contributed by atoms with Crippen molar-refractivity contribution in [3.8, 4) is 0 Å². The maximum Gasteiger partial charge on any atom is 0.282 e. The first kappa shape index (κ1) is 14.8. The van der Waals surface area contributed by atoms with Crippen LogP contribution in [0.2, 0.25) is 4.47 Å². The summed E-state index contributed by atoms with van der Waals surface area (Å²) in [7, 11) is 0. The number of nitrogens with zero attached hydrogens (tertiary/aromatic N) is 3. The summed E-state index contributed by atoms with van der Waals surface area (Å²) < 4.78 is 0.197. The van der Waals surface area contributed by atoms with Crippen molar-refractivity contribution in [2.24, 2.45) is 0 Å². The van der Waals surface area contributed by atoms with E-state index in [1.165, 1.54) is 0 Å². The highest BCUT2D eigenvalue weighted by Crippen LogP contribution is 2.14. The number of rotatable bonds is 5. The number of nitrogens with one attached hydrogen (secondary N) is 1. The summed E-state index contributed by atoms with van der Waals surface area (Å²) in [5.41, 5.74) is 0. The van der Waals surface area contributed by atoms with Crippen LogP contribution in [0.4, 0.5) is 0 Å². The second kappa shape index (κ2) is 6.65. The van der Waals surface area contributed by atoms with Crippen molar-refractivity contribution in [3.63, 3.8) is 0 Å². The van der Waals surface area contributed by atoms with E-state index in [2.05, 4.69) is 15.5 Å². The molecule has 1 atom stereocenters. The molecule has 0 aliphatic heterocycles.